The van der Waals surface area contributed by atoms with Crippen LogP contribution in [0.3, 0.4) is 0 Å². The fourth-order valence-corrected chi connectivity index (χ4v) is 2.85. The quantitative estimate of drug-likeness (QED) is 0.757. The van der Waals surface area contributed by atoms with Gasteiger partial charge in [-0.15, -0.1) is 0 Å². The summed E-state index contributed by atoms with van der Waals surface area (Å²) in [6.45, 7) is 3.23. The molecule has 3 rings (SSSR count). The molecule has 0 saturated heterocycles. The summed E-state index contributed by atoms with van der Waals surface area (Å²) in [4.78, 5) is 3.19. The zero-order valence-corrected chi connectivity index (χ0v) is 9.36. The Balaban J connectivity index is 1.84. The van der Waals surface area contributed by atoms with Crippen LogP contribution < -0.4 is 0 Å². The molecule has 1 N–H and O–H groups in total. The lowest BCUT2D eigenvalue weighted by Crippen LogP contribution is -2.13. The van der Waals surface area contributed by atoms with E-state index in [0.29, 0.717) is 5.41 Å². The SMILES string of the molecule is Cc1cn(CC2(C3CC3)CC2)c(=S)[nH]1. The first-order valence-corrected chi connectivity index (χ1v) is 5.86. The smallest absolute Gasteiger partial charge is 0.177 e. The van der Waals surface area contributed by atoms with Crippen LogP contribution in [-0.2, 0) is 6.54 Å². The van der Waals surface area contributed by atoms with Gasteiger partial charge in [0, 0.05) is 18.4 Å². The number of H-pyrrole nitrogens is 1. The van der Waals surface area contributed by atoms with Crippen molar-refractivity contribution in [3.8, 4) is 0 Å². The van der Waals surface area contributed by atoms with Crippen LogP contribution in [0, 0.1) is 23.0 Å². The van der Waals surface area contributed by atoms with Gasteiger partial charge in [0.15, 0.2) is 4.77 Å². The van der Waals surface area contributed by atoms with Gasteiger partial charge in [-0.2, -0.15) is 0 Å². The highest BCUT2D eigenvalue weighted by Crippen LogP contribution is 2.62. The average molecular weight is 208 g/mol. The summed E-state index contributed by atoms with van der Waals surface area (Å²) in [5.74, 6) is 1.01. The fourth-order valence-electron chi connectivity index (χ4n) is 2.57. The van der Waals surface area contributed by atoms with Gasteiger partial charge in [0.25, 0.3) is 0 Å². The third-order valence-corrected chi connectivity index (χ3v) is 4.07. The zero-order valence-electron chi connectivity index (χ0n) is 8.55. The predicted molar refractivity (Wildman–Crippen MR) is 58.7 cm³/mol. The Hall–Kier alpha value is -0.570. The lowest BCUT2D eigenvalue weighted by molar-refractivity contribution is 0.368. The first-order chi connectivity index (χ1) is 6.70. The second-order valence-corrected chi connectivity index (χ2v) is 5.39. The molecule has 2 aliphatic carbocycles. The van der Waals surface area contributed by atoms with Crippen molar-refractivity contribution in [2.75, 3.05) is 0 Å². The minimum Gasteiger partial charge on any atom is -0.335 e. The number of aromatic amines is 1. The van der Waals surface area contributed by atoms with Crippen molar-refractivity contribution < 1.29 is 0 Å². The van der Waals surface area contributed by atoms with Crippen molar-refractivity contribution in [1.82, 2.24) is 9.55 Å². The first-order valence-electron chi connectivity index (χ1n) is 5.46. The normalized spacial score (nSPS) is 23.8. The number of imidazole rings is 1. The van der Waals surface area contributed by atoms with Crippen LogP contribution in [0.15, 0.2) is 6.20 Å². The largest absolute Gasteiger partial charge is 0.335 e. The molecular weight excluding hydrogens is 192 g/mol. The number of rotatable bonds is 3. The number of nitrogens with one attached hydrogen (secondary N) is 1. The molecular formula is C11H16N2S. The average Bonchev–Trinajstić information content (AvgIpc) is 2.97. The van der Waals surface area contributed by atoms with Crippen molar-refractivity contribution in [2.24, 2.45) is 11.3 Å². The summed E-state index contributed by atoms with van der Waals surface area (Å²) < 4.78 is 3.13. The van der Waals surface area contributed by atoms with E-state index in [4.69, 9.17) is 12.2 Å². The molecule has 3 heteroatoms. The highest BCUT2D eigenvalue weighted by molar-refractivity contribution is 7.71. The van der Waals surface area contributed by atoms with Crippen LogP contribution >= 0.6 is 12.2 Å². The molecule has 0 spiro atoms. The van der Waals surface area contributed by atoms with Gasteiger partial charge in [-0.3, -0.25) is 0 Å². The Morgan fingerprint density at radius 2 is 2.29 bits per heavy atom. The van der Waals surface area contributed by atoms with Crippen LogP contribution in [0.1, 0.15) is 31.4 Å². The van der Waals surface area contributed by atoms with Crippen LogP contribution in [0.4, 0.5) is 0 Å². The first kappa shape index (κ1) is 8.72. The van der Waals surface area contributed by atoms with Gasteiger partial charge in [-0.25, -0.2) is 0 Å². The van der Waals surface area contributed by atoms with Crippen LogP contribution in [0.25, 0.3) is 0 Å². The molecule has 0 atom stereocenters. The summed E-state index contributed by atoms with van der Waals surface area (Å²) in [6, 6.07) is 0. The number of aryl methyl sites for hydroxylation is 1. The van der Waals surface area contributed by atoms with Gasteiger partial charge < -0.3 is 9.55 Å². The van der Waals surface area contributed by atoms with Crippen molar-refractivity contribution in [2.45, 2.75) is 39.2 Å². The standard InChI is InChI=1S/C11H16N2S/c1-8-6-13(10(14)12-8)7-11(4-5-11)9-2-3-9/h6,9H,2-5,7H2,1H3,(H,12,14). The summed E-state index contributed by atoms with van der Waals surface area (Å²) in [7, 11) is 0. The van der Waals surface area contributed by atoms with Gasteiger partial charge >= 0.3 is 0 Å². The van der Waals surface area contributed by atoms with E-state index in [1.807, 2.05) is 0 Å². The molecule has 0 bridgehead atoms. The van der Waals surface area contributed by atoms with E-state index < -0.39 is 0 Å². The molecule has 2 nitrogen and oxygen atoms in total. The summed E-state index contributed by atoms with van der Waals surface area (Å²) in [5.41, 5.74) is 1.83. The summed E-state index contributed by atoms with van der Waals surface area (Å²) >= 11 is 5.28. The van der Waals surface area contributed by atoms with Crippen LogP contribution in [-0.4, -0.2) is 9.55 Å². The van der Waals surface area contributed by atoms with Gasteiger partial charge in [0.1, 0.15) is 0 Å². The molecule has 76 valence electrons. The van der Waals surface area contributed by atoms with Gasteiger partial charge in [0.05, 0.1) is 0 Å². The molecule has 1 heterocycles. The van der Waals surface area contributed by atoms with Gasteiger partial charge in [0.2, 0.25) is 0 Å². The van der Waals surface area contributed by atoms with E-state index in [9.17, 15) is 0 Å². The number of aromatic nitrogens is 2. The maximum absolute atomic E-state index is 5.28. The predicted octanol–water partition coefficient (Wildman–Crippen LogP) is 3.04. The van der Waals surface area contributed by atoms with Crippen molar-refractivity contribution in [3.05, 3.63) is 16.7 Å². The Labute approximate surface area is 89.3 Å². The second kappa shape index (κ2) is 2.72. The number of hydrogen-bond donors (Lipinski definition) is 1. The van der Waals surface area contributed by atoms with Crippen LogP contribution in [0.2, 0.25) is 0 Å². The third-order valence-electron chi connectivity index (χ3n) is 3.74. The monoisotopic (exact) mass is 208 g/mol. The molecule has 0 unspecified atom stereocenters. The Kier molecular flexibility index (Phi) is 1.69. The van der Waals surface area contributed by atoms with E-state index in [1.165, 1.54) is 31.4 Å². The van der Waals surface area contributed by atoms with Crippen molar-refractivity contribution in [3.63, 3.8) is 0 Å². The molecule has 2 saturated carbocycles. The van der Waals surface area contributed by atoms with Gasteiger partial charge in [-0.05, 0) is 56.2 Å². The highest BCUT2D eigenvalue weighted by Gasteiger charge is 2.53. The van der Waals surface area contributed by atoms with E-state index in [2.05, 4.69) is 22.7 Å². The lowest BCUT2D eigenvalue weighted by Gasteiger charge is -2.14. The molecule has 1 aromatic rings. The Morgan fingerprint density at radius 1 is 1.57 bits per heavy atom. The van der Waals surface area contributed by atoms with Crippen LogP contribution in [0.5, 0.6) is 0 Å². The second-order valence-electron chi connectivity index (χ2n) is 5.01. The van der Waals surface area contributed by atoms with Crippen molar-refractivity contribution >= 4 is 12.2 Å². The van der Waals surface area contributed by atoms with E-state index in [0.717, 1.165) is 17.2 Å². The van der Waals surface area contributed by atoms with Gasteiger partial charge in [-0.1, -0.05) is 0 Å². The number of nitrogens with zero attached hydrogens (tertiary/aromatic N) is 1. The maximum atomic E-state index is 5.28. The summed E-state index contributed by atoms with van der Waals surface area (Å²) in [5, 5.41) is 0. The molecule has 14 heavy (non-hydrogen) atoms. The van der Waals surface area contributed by atoms with E-state index in [-0.39, 0.29) is 0 Å². The number of hydrogen-bond acceptors (Lipinski definition) is 1. The Morgan fingerprint density at radius 3 is 2.71 bits per heavy atom. The topological polar surface area (TPSA) is 20.7 Å². The van der Waals surface area contributed by atoms with E-state index in [1.54, 1.807) is 0 Å². The zero-order chi connectivity index (χ0) is 9.76. The minimum absolute atomic E-state index is 0.646. The molecule has 0 radical (unpaired) electrons. The molecule has 2 aliphatic rings. The maximum Gasteiger partial charge on any atom is 0.177 e. The molecule has 1 aromatic heterocycles. The van der Waals surface area contributed by atoms with Crippen molar-refractivity contribution in [1.29, 1.82) is 0 Å². The minimum atomic E-state index is 0.646. The Bertz CT molecular complexity index is 407. The summed E-state index contributed by atoms with van der Waals surface area (Å²) in [6.07, 6.45) is 7.91. The third kappa shape index (κ3) is 1.34. The molecule has 0 aromatic carbocycles. The molecule has 0 aliphatic heterocycles. The molecule has 2 fully saturated rings. The molecule has 0 amide bonds. The highest BCUT2D eigenvalue weighted by atomic mass is 32.1. The fraction of sp³-hybridized carbons (Fsp3) is 0.727. The lowest BCUT2D eigenvalue weighted by atomic mass is 10.0. The van der Waals surface area contributed by atoms with E-state index >= 15 is 0 Å².